The van der Waals surface area contributed by atoms with Crippen molar-refractivity contribution >= 4 is 29.1 Å². The number of anilines is 1. The summed E-state index contributed by atoms with van der Waals surface area (Å²) in [5.41, 5.74) is 0.562. The Morgan fingerprint density at radius 3 is 2.55 bits per heavy atom. The second-order valence-electron chi connectivity index (χ2n) is 5.69. The van der Waals surface area contributed by atoms with Gasteiger partial charge in [0, 0.05) is 13.1 Å². The lowest BCUT2D eigenvalue weighted by atomic mass is 10.1. The van der Waals surface area contributed by atoms with Gasteiger partial charge in [-0.25, -0.2) is 0 Å². The minimum atomic E-state index is -0.590. The van der Waals surface area contributed by atoms with Crippen LogP contribution in [0.4, 0.5) is 5.69 Å². The highest BCUT2D eigenvalue weighted by Gasteiger charge is 2.37. The van der Waals surface area contributed by atoms with Gasteiger partial charge < -0.3 is 15.0 Å². The number of likely N-dealkylation sites (tertiary alicyclic amines) is 1. The van der Waals surface area contributed by atoms with Crippen LogP contribution in [0.25, 0.3) is 0 Å². The zero-order chi connectivity index (χ0) is 15.5. The minimum Gasteiger partial charge on any atom is -0.355 e. The number of amides is 2. The Morgan fingerprint density at radius 1 is 1.14 bits per heavy atom. The van der Waals surface area contributed by atoms with Gasteiger partial charge in [0.1, 0.15) is 12.2 Å². The van der Waals surface area contributed by atoms with E-state index in [-0.39, 0.29) is 11.8 Å². The number of halogens is 1. The van der Waals surface area contributed by atoms with E-state index in [2.05, 4.69) is 5.32 Å². The molecule has 2 saturated heterocycles. The standard InChI is InChI=1S/C16H19ClN2O3/c17-11-5-1-2-6-12(11)18-15(20)13-7-8-14(22-13)16(21)19-9-3-4-10-19/h1-2,5-6,13-14H,3-4,7-10H2,(H,18,20)/t13-,14+/m0/s1. The van der Waals surface area contributed by atoms with E-state index in [9.17, 15) is 9.59 Å². The Bertz CT molecular complexity index is 572. The van der Waals surface area contributed by atoms with E-state index >= 15 is 0 Å². The number of hydrogen-bond acceptors (Lipinski definition) is 3. The lowest BCUT2D eigenvalue weighted by molar-refractivity contribution is -0.144. The topological polar surface area (TPSA) is 58.6 Å². The van der Waals surface area contributed by atoms with E-state index in [1.165, 1.54) is 0 Å². The largest absolute Gasteiger partial charge is 0.355 e. The quantitative estimate of drug-likeness (QED) is 0.930. The third kappa shape index (κ3) is 3.25. The zero-order valence-electron chi connectivity index (χ0n) is 12.3. The lowest BCUT2D eigenvalue weighted by Gasteiger charge is -2.20. The summed E-state index contributed by atoms with van der Waals surface area (Å²) in [6, 6.07) is 7.06. The van der Waals surface area contributed by atoms with Gasteiger partial charge in [-0.2, -0.15) is 0 Å². The van der Waals surface area contributed by atoms with E-state index in [1.807, 2.05) is 4.90 Å². The number of nitrogens with one attached hydrogen (secondary N) is 1. The molecule has 2 heterocycles. The second-order valence-corrected chi connectivity index (χ2v) is 6.10. The van der Waals surface area contributed by atoms with E-state index in [0.29, 0.717) is 23.6 Å². The molecule has 0 radical (unpaired) electrons. The van der Waals surface area contributed by atoms with Crippen LogP contribution in [0.1, 0.15) is 25.7 Å². The van der Waals surface area contributed by atoms with Crippen molar-refractivity contribution in [3.8, 4) is 0 Å². The molecule has 2 amide bonds. The Kier molecular flexibility index (Phi) is 4.64. The number of ether oxygens (including phenoxy) is 1. The van der Waals surface area contributed by atoms with Crippen molar-refractivity contribution in [2.45, 2.75) is 37.9 Å². The third-order valence-corrected chi connectivity index (χ3v) is 4.47. The van der Waals surface area contributed by atoms with Crippen molar-refractivity contribution < 1.29 is 14.3 Å². The van der Waals surface area contributed by atoms with Crippen LogP contribution in [0.5, 0.6) is 0 Å². The van der Waals surface area contributed by atoms with E-state index < -0.39 is 12.2 Å². The summed E-state index contributed by atoms with van der Waals surface area (Å²) >= 11 is 6.02. The van der Waals surface area contributed by atoms with Gasteiger partial charge in [-0.05, 0) is 37.8 Å². The predicted octanol–water partition coefficient (Wildman–Crippen LogP) is 2.45. The molecule has 0 aliphatic carbocycles. The minimum absolute atomic E-state index is 0.0190. The van der Waals surface area contributed by atoms with Gasteiger partial charge in [0.25, 0.3) is 11.8 Å². The van der Waals surface area contributed by atoms with Crippen molar-refractivity contribution in [2.24, 2.45) is 0 Å². The first-order chi connectivity index (χ1) is 10.6. The first-order valence-electron chi connectivity index (χ1n) is 7.65. The molecular formula is C16H19ClN2O3. The maximum Gasteiger partial charge on any atom is 0.253 e. The van der Waals surface area contributed by atoms with Crippen LogP contribution in [0.3, 0.4) is 0 Å². The molecule has 2 fully saturated rings. The average molecular weight is 323 g/mol. The van der Waals surface area contributed by atoms with Gasteiger partial charge in [-0.1, -0.05) is 23.7 Å². The Balaban J connectivity index is 1.57. The fourth-order valence-corrected chi connectivity index (χ4v) is 3.11. The van der Waals surface area contributed by atoms with Crippen LogP contribution >= 0.6 is 11.6 Å². The smallest absolute Gasteiger partial charge is 0.253 e. The Morgan fingerprint density at radius 2 is 1.82 bits per heavy atom. The van der Waals surface area contributed by atoms with Crippen LogP contribution in [0.2, 0.25) is 5.02 Å². The summed E-state index contributed by atoms with van der Waals surface area (Å²) in [7, 11) is 0. The molecule has 2 aliphatic rings. The van der Waals surface area contributed by atoms with E-state index in [1.54, 1.807) is 24.3 Å². The molecule has 1 aromatic rings. The summed E-state index contributed by atoms with van der Waals surface area (Å²) in [5.74, 6) is -0.227. The molecule has 0 unspecified atom stereocenters. The number of carbonyl (C=O) groups excluding carboxylic acids is 2. The number of benzene rings is 1. The van der Waals surface area contributed by atoms with Crippen LogP contribution in [0.15, 0.2) is 24.3 Å². The maximum atomic E-state index is 12.3. The van der Waals surface area contributed by atoms with Crippen molar-refractivity contribution in [1.82, 2.24) is 4.90 Å². The molecule has 6 heteroatoms. The number of para-hydroxylation sites is 1. The van der Waals surface area contributed by atoms with Crippen LogP contribution in [0, 0.1) is 0 Å². The van der Waals surface area contributed by atoms with Crippen molar-refractivity contribution in [3.05, 3.63) is 29.3 Å². The molecular weight excluding hydrogens is 304 g/mol. The molecule has 1 aromatic carbocycles. The maximum absolute atomic E-state index is 12.3. The van der Waals surface area contributed by atoms with E-state index in [4.69, 9.17) is 16.3 Å². The number of nitrogens with zero attached hydrogens (tertiary/aromatic N) is 1. The molecule has 5 nitrogen and oxygen atoms in total. The summed E-state index contributed by atoms with van der Waals surface area (Å²) < 4.78 is 5.66. The molecule has 22 heavy (non-hydrogen) atoms. The second kappa shape index (κ2) is 6.67. The van der Waals surface area contributed by atoms with Crippen molar-refractivity contribution in [2.75, 3.05) is 18.4 Å². The van der Waals surface area contributed by atoms with Gasteiger partial charge in [0.05, 0.1) is 10.7 Å². The molecule has 0 bridgehead atoms. The summed E-state index contributed by atoms with van der Waals surface area (Å²) in [4.78, 5) is 26.3. The number of carbonyl (C=O) groups is 2. The molecule has 2 atom stereocenters. The first kappa shape index (κ1) is 15.3. The highest BCUT2D eigenvalue weighted by atomic mass is 35.5. The molecule has 3 rings (SSSR count). The average Bonchev–Trinajstić information content (AvgIpc) is 3.20. The van der Waals surface area contributed by atoms with Gasteiger partial charge in [0.2, 0.25) is 0 Å². The van der Waals surface area contributed by atoms with Gasteiger partial charge >= 0.3 is 0 Å². The summed E-state index contributed by atoms with van der Waals surface area (Å²) in [6.07, 6.45) is 2.17. The van der Waals surface area contributed by atoms with Crippen LogP contribution < -0.4 is 5.32 Å². The van der Waals surface area contributed by atoms with Crippen molar-refractivity contribution in [1.29, 1.82) is 0 Å². The summed E-state index contributed by atoms with van der Waals surface area (Å²) in [5, 5.41) is 3.25. The van der Waals surface area contributed by atoms with E-state index in [0.717, 1.165) is 25.9 Å². The molecule has 1 N–H and O–H groups in total. The number of hydrogen-bond donors (Lipinski definition) is 1. The SMILES string of the molecule is O=C(Nc1ccccc1Cl)[C@@H]1CC[C@H](C(=O)N2CCCC2)O1. The van der Waals surface area contributed by atoms with Gasteiger partial charge in [-0.3, -0.25) is 9.59 Å². The highest BCUT2D eigenvalue weighted by Crippen LogP contribution is 2.26. The molecule has 2 aliphatic heterocycles. The first-order valence-corrected chi connectivity index (χ1v) is 8.02. The third-order valence-electron chi connectivity index (χ3n) is 4.14. The molecule has 0 spiro atoms. The predicted molar refractivity (Wildman–Crippen MR) is 83.8 cm³/mol. The number of rotatable bonds is 3. The fourth-order valence-electron chi connectivity index (χ4n) is 2.93. The van der Waals surface area contributed by atoms with Crippen molar-refractivity contribution in [3.63, 3.8) is 0 Å². The van der Waals surface area contributed by atoms with Crippen LogP contribution in [-0.4, -0.2) is 42.0 Å². The highest BCUT2D eigenvalue weighted by molar-refractivity contribution is 6.33. The normalized spacial score (nSPS) is 24.5. The van der Waals surface area contributed by atoms with Gasteiger partial charge in [0.15, 0.2) is 0 Å². The monoisotopic (exact) mass is 322 g/mol. The molecule has 0 saturated carbocycles. The lowest BCUT2D eigenvalue weighted by Crippen LogP contribution is -2.38. The summed E-state index contributed by atoms with van der Waals surface area (Å²) in [6.45, 7) is 1.60. The Labute approximate surface area is 134 Å². The van der Waals surface area contributed by atoms with Crippen LogP contribution in [-0.2, 0) is 14.3 Å². The molecule has 0 aromatic heterocycles. The zero-order valence-corrected chi connectivity index (χ0v) is 13.0. The molecule has 118 valence electrons. The Hall–Kier alpha value is -1.59. The fraction of sp³-hybridized carbons (Fsp3) is 0.500. The van der Waals surface area contributed by atoms with Gasteiger partial charge in [-0.15, -0.1) is 0 Å².